The summed E-state index contributed by atoms with van der Waals surface area (Å²) in [5.41, 5.74) is 0.755. The molecule has 1 aliphatic rings. The molecule has 2 N–H and O–H groups in total. The minimum atomic E-state index is -1.20. The van der Waals surface area contributed by atoms with Crippen molar-refractivity contribution in [1.29, 1.82) is 0 Å². The molecule has 142 valence electrons. The SMILES string of the molecule is O=C(NC1(C(=O)O)CCCCCC1)c1ccc(-c2cccc(Cl)c2)c(Cl)c1. The Morgan fingerprint density at radius 1 is 0.963 bits per heavy atom. The van der Waals surface area contributed by atoms with E-state index in [0.29, 0.717) is 28.5 Å². The average Bonchev–Trinajstić information content (AvgIpc) is 2.88. The van der Waals surface area contributed by atoms with Gasteiger partial charge in [-0.1, -0.05) is 67.1 Å². The van der Waals surface area contributed by atoms with Crippen LogP contribution in [0.15, 0.2) is 42.5 Å². The standard InChI is InChI=1S/C21H21Cl2NO3/c22-16-7-5-6-14(12-16)17-9-8-15(13-18(17)23)19(25)24-21(20(26)27)10-3-1-2-4-11-21/h5-9,12-13H,1-4,10-11H2,(H,24,25)(H,26,27). The van der Waals surface area contributed by atoms with E-state index in [1.165, 1.54) is 0 Å². The fraction of sp³-hybridized carbons (Fsp3) is 0.333. The van der Waals surface area contributed by atoms with Crippen molar-refractivity contribution in [2.75, 3.05) is 0 Å². The first-order valence-corrected chi connectivity index (χ1v) is 9.78. The van der Waals surface area contributed by atoms with Crippen LogP contribution >= 0.6 is 23.2 Å². The molecule has 3 rings (SSSR count). The molecule has 0 atom stereocenters. The van der Waals surface area contributed by atoms with E-state index >= 15 is 0 Å². The quantitative estimate of drug-likeness (QED) is 0.653. The second kappa shape index (κ2) is 8.32. The van der Waals surface area contributed by atoms with Crippen LogP contribution in [0.25, 0.3) is 11.1 Å². The van der Waals surface area contributed by atoms with E-state index < -0.39 is 17.4 Å². The lowest BCUT2D eigenvalue weighted by molar-refractivity contribution is -0.145. The van der Waals surface area contributed by atoms with Crippen molar-refractivity contribution >= 4 is 35.1 Å². The first-order chi connectivity index (χ1) is 12.9. The number of hydrogen-bond acceptors (Lipinski definition) is 2. The summed E-state index contributed by atoms with van der Waals surface area (Å²) in [5.74, 6) is -1.39. The van der Waals surface area contributed by atoms with Crippen LogP contribution in [0.2, 0.25) is 10.0 Å². The molecule has 0 unspecified atom stereocenters. The van der Waals surface area contributed by atoms with Gasteiger partial charge < -0.3 is 10.4 Å². The van der Waals surface area contributed by atoms with Crippen LogP contribution in [-0.4, -0.2) is 22.5 Å². The van der Waals surface area contributed by atoms with Gasteiger partial charge in [0.2, 0.25) is 0 Å². The lowest BCUT2D eigenvalue weighted by Crippen LogP contribution is -2.54. The van der Waals surface area contributed by atoms with Gasteiger partial charge in [-0.15, -0.1) is 0 Å². The van der Waals surface area contributed by atoms with Gasteiger partial charge in [0.05, 0.1) is 0 Å². The predicted molar refractivity (Wildman–Crippen MR) is 107 cm³/mol. The highest BCUT2D eigenvalue weighted by Crippen LogP contribution is 2.31. The van der Waals surface area contributed by atoms with Crippen molar-refractivity contribution < 1.29 is 14.7 Å². The molecular formula is C21H21Cl2NO3. The number of benzene rings is 2. The van der Waals surface area contributed by atoms with E-state index in [1.807, 2.05) is 12.1 Å². The molecule has 0 spiro atoms. The highest BCUT2D eigenvalue weighted by Gasteiger charge is 2.40. The van der Waals surface area contributed by atoms with E-state index in [-0.39, 0.29) is 0 Å². The number of halogens is 2. The highest BCUT2D eigenvalue weighted by molar-refractivity contribution is 6.34. The molecule has 1 amide bonds. The van der Waals surface area contributed by atoms with E-state index in [9.17, 15) is 14.7 Å². The first-order valence-electron chi connectivity index (χ1n) is 9.03. The van der Waals surface area contributed by atoms with Gasteiger partial charge in [-0.2, -0.15) is 0 Å². The van der Waals surface area contributed by atoms with Gasteiger partial charge in [0.25, 0.3) is 5.91 Å². The Morgan fingerprint density at radius 3 is 2.26 bits per heavy atom. The Kier molecular flexibility index (Phi) is 6.08. The minimum Gasteiger partial charge on any atom is -0.480 e. The van der Waals surface area contributed by atoms with E-state index in [1.54, 1.807) is 30.3 Å². The maximum absolute atomic E-state index is 12.7. The summed E-state index contributed by atoms with van der Waals surface area (Å²) >= 11 is 12.4. The molecule has 0 aromatic heterocycles. The molecule has 4 nitrogen and oxygen atoms in total. The van der Waals surface area contributed by atoms with Crippen molar-refractivity contribution in [3.8, 4) is 11.1 Å². The zero-order valence-electron chi connectivity index (χ0n) is 14.8. The molecule has 0 bridgehead atoms. The van der Waals surface area contributed by atoms with Crippen LogP contribution in [0.4, 0.5) is 0 Å². The second-order valence-corrected chi connectivity index (χ2v) is 7.80. The maximum Gasteiger partial charge on any atom is 0.329 e. The van der Waals surface area contributed by atoms with Gasteiger partial charge in [-0.3, -0.25) is 4.79 Å². The van der Waals surface area contributed by atoms with Gasteiger partial charge in [0.15, 0.2) is 0 Å². The number of hydrogen-bond donors (Lipinski definition) is 2. The van der Waals surface area contributed by atoms with Crippen LogP contribution in [0.5, 0.6) is 0 Å². The Hall–Kier alpha value is -2.04. The third-order valence-electron chi connectivity index (χ3n) is 5.09. The first kappa shape index (κ1) is 19.7. The molecular weight excluding hydrogens is 385 g/mol. The average molecular weight is 406 g/mol. The monoisotopic (exact) mass is 405 g/mol. The fourth-order valence-electron chi connectivity index (χ4n) is 3.56. The number of carbonyl (C=O) groups excluding carboxylic acids is 1. The van der Waals surface area contributed by atoms with Gasteiger partial charge in [0.1, 0.15) is 5.54 Å². The van der Waals surface area contributed by atoms with Crippen molar-refractivity contribution in [3.63, 3.8) is 0 Å². The lowest BCUT2D eigenvalue weighted by atomic mass is 9.89. The van der Waals surface area contributed by atoms with Crippen molar-refractivity contribution in [2.24, 2.45) is 0 Å². The normalized spacial score (nSPS) is 16.4. The predicted octanol–water partition coefficient (Wildman–Crippen LogP) is 5.57. The summed E-state index contributed by atoms with van der Waals surface area (Å²) in [5, 5.41) is 13.5. The molecule has 6 heteroatoms. The molecule has 1 aliphatic carbocycles. The molecule has 1 saturated carbocycles. The summed E-state index contributed by atoms with van der Waals surface area (Å²) < 4.78 is 0. The number of amides is 1. The number of rotatable bonds is 4. The smallest absolute Gasteiger partial charge is 0.329 e. The van der Waals surface area contributed by atoms with Crippen molar-refractivity contribution in [2.45, 2.75) is 44.1 Å². The molecule has 0 saturated heterocycles. The van der Waals surface area contributed by atoms with E-state index in [4.69, 9.17) is 23.2 Å². The summed E-state index contributed by atoms with van der Waals surface area (Å²) in [6.45, 7) is 0. The molecule has 0 heterocycles. The third kappa shape index (κ3) is 4.45. The van der Waals surface area contributed by atoms with E-state index in [2.05, 4.69) is 5.32 Å². The number of nitrogens with one attached hydrogen (secondary N) is 1. The van der Waals surface area contributed by atoms with Gasteiger partial charge in [-0.25, -0.2) is 4.79 Å². The number of carbonyl (C=O) groups is 2. The molecule has 0 aliphatic heterocycles. The lowest BCUT2D eigenvalue weighted by Gasteiger charge is -2.29. The summed E-state index contributed by atoms with van der Waals surface area (Å²) in [4.78, 5) is 24.6. The van der Waals surface area contributed by atoms with Gasteiger partial charge in [-0.05, 0) is 42.7 Å². The van der Waals surface area contributed by atoms with Crippen LogP contribution in [-0.2, 0) is 4.79 Å². The summed E-state index contributed by atoms with van der Waals surface area (Å²) in [6.07, 6.45) is 4.46. The molecule has 27 heavy (non-hydrogen) atoms. The Labute approximate surface area is 168 Å². The van der Waals surface area contributed by atoms with Crippen LogP contribution in [0.1, 0.15) is 48.9 Å². The zero-order chi connectivity index (χ0) is 19.4. The second-order valence-electron chi connectivity index (χ2n) is 6.96. The fourth-order valence-corrected chi connectivity index (χ4v) is 4.04. The zero-order valence-corrected chi connectivity index (χ0v) is 16.3. The van der Waals surface area contributed by atoms with Crippen LogP contribution in [0, 0.1) is 0 Å². The van der Waals surface area contributed by atoms with E-state index in [0.717, 1.165) is 36.8 Å². The molecule has 0 radical (unpaired) electrons. The molecule has 2 aromatic carbocycles. The molecule has 2 aromatic rings. The maximum atomic E-state index is 12.7. The van der Waals surface area contributed by atoms with Crippen LogP contribution < -0.4 is 5.32 Å². The van der Waals surface area contributed by atoms with Gasteiger partial charge >= 0.3 is 5.97 Å². The van der Waals surface area contributed by atoms with Gasteiger partial charge in [0, 0.05) is 21.2 Å². The Balaban J connectivity index is 1.84. The topological polar surface area (TPSA) is 66.4 Å². The Morgan fingerprint density at radius 2 is 1.67 bits per heavy atom. The number of aliphatic carboxylic acids is 1. The van der Waals surface area contributed by atoms with Crippen LogP contribution in [0.3, 0.4) is 0 Å². The minimum absolute atomic E-state index is 0.343. The summed E-state index contributed by atoms with van der Waals surface area (Å²) in [7, 11) is 0. The number of carboxylic acids is 1. The largest absolute Gasteiger partial charge is 0.480 e. The molecule has 1 fully saturated rings. The Bertz CT molecular complexity index is 858. The third-order valence-corrected chi connectivity index (χ3v) is 5.63. The van der Waals surface area contributed by atoms with Crippen molar-refractivity contribution in [1.82, 2.24) is 5.32 Å². The van der Waals surface area contributed by atoms with Crippen molar-refractivity contribution in [3.05, 3.63) is 58.1 Å². The summed E-state index contributed by atoms with van der Waals surface area (Å²) in [6, 6.07) is 12.3. The highest BCUT2D eigenvalue weighted by atomic mass is 35.5. The number of carboxylic acid groups (broad SMARTS) is 1.